The van der Waals surface area contributed by atoms with E-state index in [9.17, 15) is 13.6 Å². The number of carbonyl (C=O) groups excluding carboxylic acids is 1. The van der Waals surface area contributed by atoms with Crippen molar-refractivity contribution in [2.45, 2.75) is 31.9 Å². The van der Waals surface area contributed by atoms with Gasteiger partial charge in [-0.15, -0.1) is 0 Å². The SMILES string of the molecule is O=C(NC1CCN(CC(F)F)CC1)c1ccc2c(ccn2Cc2ccccc2)c1. The lowest BCUT2D eigenvalue weighted by Gasteiger charge is -2.32. The van der Waals surface area contributed by atoms with Crippen molar-refractivity contribution in [1.82, 2.24) is 14.8 Å². The van der Waals surface area contributed by atoms with Crippen LogP contribution in [0.3, 0.4) is 0 Å². The number of piperidine rings is 1. The van der Waals surface area contributed by atoms with Gasteiger partial charge in [0.25, 0.3) is 12.3 Å². The van der Waals surface area contributed by atoms with E-state index in [1.807, 2.05) is 48.7 Å². The average Bonchev–Trinajstić information content (AvgIpc) is 3.12. The Balaban J connectivity index is 1.39. The minimum absolute atomic E-state index is 0.0369. The molecule has 0 unspecified atom stereocenters. The predicted octanol–water partition coefficient (Wildman–Crippen LogP) is 4.15. The molecule has 1 saturated heterocycles. The van der Waals surface area contributed by atoms with Crippen molar-refractivity contribution in [3.8, 4) is 0 Å². The number of nitrogens with one attached hydrogen (secondary N) is 1. The summed E-state index contributed by atoms with van der Waals surface area (Å²) < 4.78 is 27.1. The first-order valence-corrected chi connectivity index (χ1v) is 10.0. The number of fused-ring (bicyclic) bond motifs is 1. The van der Waals surface area contributed by atoms with E-state index in [1.54, 1.807) is 4.90 Å². The number of alkyl halides is 2. The number of amides is 1. The van der Waals surface area contributed by atoms with Crippen LogP contribution < -0.4 is 5.32 Å². The Morgan fingerprint density at radius 2 is 1.83 bits per heavy atom. The number of hydrogen-bond acceptors (Lipinski definition) is 2. The monoisotopic (exact) mass is 397 g/mol. The fourth-order valence-electron chi connectivity index (χ4n) is 3.98. The summed E-state index contributed by atoms with van der Waals surface area (Å²) in [6, 6.07) is 18.1. The maximum atomic E-state index is 12.7. The lowest BCUT2D eigenvalue weighted by molar-refractivity contribution is 0.0696. The molecule has 1 aliphatic heterocycles. The Morgan fingerprint density at radius 1 is 1.07 bits per heavy atom. The van der Waals surface area contributed by atoms with Crippen LogP contribution >= 0.6 is 0 Å². The van der Waals surface area contributed by atoms with Gasteiger partial charge in [0.05, 0.1) is 6.54 Å². The van der Waals surface area contributed by atoms with Gasteiger partial charge in [-0.2, -0.15) is 0 Å². The van der Waals surface area contributed by atoms with Crippen LogP contribution in [0.15, 0.2) is 60.8 Å². The fraction of sp³-hybridized carbons (Fsp3) is 0.348. The zero-order valence-electron chi connectivity index (χ0n) is 16.2. The summed E-state index contributed by atoms with van der Waals surface area (Å²) in [5.41, 5.74) is 2.95. The second-order valence-electron chi connectivity index (χ2n) is 7.64. The first-order chi connectivity index (χ1) is 14.1. The Morgan fingerprint density at radius 3 is 2.55 bits per heavy atom. The van der Waals surface area contributed by atoms with Crippen molar-refractivity contribution in [3.05, 3.63) is 71.9 Å². The quantitative estimate of drug-likeness (QED) is 0.679. The molecular weight excluding hydrogens is 372 g/mol. The zero-order valence-corrected chi connectivity index (χ0v) is 16.2. The third-order valence-corrected chi connectivity index (χ3v) is 5.55. The third-order valence-electron chi connectivity index (χ3n) is 5.55. The van der Waals surface area contributed by atoms with Gasteiger partial charge < -0.3 is 9.88 Å². The highest BCUT2D eigenvalue weighted by atomic mass is 19.3. The molecule has 1 N–H and O–H groups in total. The van der Waals surface area contributed by atoms with E-state index < -0.39 is 6.43 Å². The molecule has 1 fully saturated rings. The minimum Gasteiger partial charge on any atom is -0.349 e. The van der Waals surface area contributed by atoms with E-state index >= 15 is 0 Å². The summed E-state index contributed by atoms with van der Waals surface area (Å²) in [6.45, 7) is 1.79. The molecule has 3 aromatic rings. The zero-order chi connectivity index (χ0) is 20.2. The Hall–Kier alpha value is -2.73. The maximum Gasteiger partial charge on any atom is 0.251 e. The van der Waals surface area contributed by atoms with Gasteiger partial charge in [0, 0.05) is 48.3 Å². The molecule has 1 aromatic heterocycles. The Labute approximate surface area is 169 Å². The Kier molecular flexibility index (Phi) is 5.90. The number of halogens is 2. The number of hydrogen-bond donors (Lipinski definition) is 1. The van der Waals surface area contributed by atoms with Crippen molar-refractivity contribution in [3.63, 3.8) is 0 Å². The molecule has 0 spiro atoms. The first-order valence-electron chi connectivity index (χ1n) is 10.0. The van der Waals surface area contributed by atoms with Crippen molar-refractivity contribution in [1.29, 1.82) is 0 Å². The lowest BCUT2D eigenvalue weighted by Crippen LogP contribution is -2.45. The van der Waals surface area contributed by atoms with Gasteiger partial charge >= 0.3 is 0 Å². The molecule has 6 heteroatoms. The van der Waals surface area contributed by atoms with E-state index in [0.717, 1.165) is 17.4 Å². The molecule has 0 aliphatic carbocycles. The molecule has 1 aliphatic rings. The molecule has 1 amide bonds. The summed E-state index contributed by atoms with van der Waals surface area (Å²) in [7, 11) is 0. The molecular formula is C23H25F2N3O. The molecule has 4 nitrogen and oxygen atoms in total. The smallest absolute Gasteiger partial charge is 0.251 e. The summed E-state index contributed by atoms with van der Waals surface area (Å²) in [5, 5.41) is 4.09. The summed E-state index contributed by atoms with van der Waals surface area (Å²) in [6.07, 6.45) is 1.14. The van der Waals surface area contributed by atoms with Crippen LogP contribution in [0.5, 0.6) is 0 Å². The third kappa shape index (κ3) is 4.82. The van der Waals surface area contributed by atoms with E-state index in [4.69, 9.17) is 0 Å². The van der Waals surface area contributed by atoms with Gasteiger partial charge in [-0.1, -0.05) is 30.3 Å². The van der Waals surface area contributed by atoms with Crippen LogP contribution in [0.2, 0.25) is 0 Å². The van der Waals surface area contributed by atoms with Crippen LogP contribution in [0.25, 0.3) is 10.9 Å². The molecule has 0 atom stereocenters. The van der Waals surface area contributed by atoms with Gasteiger partial charge in [-0.3, -0.25) is 9.69 Å². The van der Waals surface area contributed by atoms with E-state index in [2.05, 4.69) is 22.0 Å². The Bertz CT molecular complexity index is 963. The lowest BCUT2D eigenvalue weighted by atomic mass is 10.0. The molecule has 2 heterocycles. The maximum absolute atomic E-state index is 12.7. The number of nitrogens with zero attached hydrogens (tertiary/aromatic N) is 2. The van der Waals surface area contributed by atoms with Crippen LogP contribution in [-0.4, -0.2) is 47.5 Å². The average molecular weight is 397 g/mol. The number of likely N-dealkylation sites (tertiary alicyclic amines) is 1. The van der Waals surface area contributed by atoms with Crippen LogP contribution in [0.4, 0.5) is 8.78 Å². The second-order valence-corrected chi connectivity index (χ2v) is 7.64. The predicted molar refractivity (Wildman–Crippen MR) is 110 cm³/mol. The summed E-state index contributed by atoms with van der Waals surface area (Å²) >= 11 is 0. The number of benzene rings is 2. The van der Waals surface area contributed by atoms with Crippen molar-refractivity contribution in [2.75, 3.05) is 19.6 Å². The van der Waals surface area contributed by atoms with E-state index in [0.29, 0.717) is 31.5 Å². The fourth-order valence-corrected chi connectivity index (χ4v) is 3.98. The highest BCUT2D eigenvalue weighted by molar-refractivity contribution is 5.98. The molecule has 2 aromatic carbocycles. The molecule has 0 saturated carbocycles. The van der Waals surface area contributed by atoms with Gasteiger partial charge in [0.1, 0.15) is 0 Å². The topological polar surface area (TPSA) is 37.3 Å². The van der Waals surface area contributed by atoms with E-state index in [1.165, 1.54) is 5.56 Å². The molecule has 29 heavy (non-hydrogen) atoms. The number of carbonyl (C=O) groups is 1. The second kappa shape index (κ2) is 8.74. The number of rotatable bonds is 6. The normalized spacial score (nSPS) is 15.8. The van der Waals surface area contributed by atoms with Gasteiger partial charge in [-0.05, 0) is 42.7 Å². The van der Waals surface area contributed by atoms with Crippen LogP contribution in [-0.2, 0) is 6.54 Å². The first kappa shape index (κ1) is 19.6. The van der Waals surface area contributed by atoms with Gasteiger partial charge in [-0.25, -0.2) is 8.78 Å². The largest absolute Gasteiger partial charge is 0.349 e. The molecule has 4 rings (SSSR count). The highest BCUT2D eigenvalue weighted by Crippen LogP contribution is 2.20. The van der Waals surface area contributed by atoms with Crippen molar-refractivity contribution >= 4 is 16.8 Å². The standard InChI is InChI=1S/C23H25F2N3O/c24-22(25)16-27-11-9-20(10-12-27)26-23(29)19-6-7-21-18(14-19)8-13-28(21)15-17-4-2-1-3-5-17/h1-8,13-14,20,22H,9-12,15-16H2,(H,26,29). The molecule has 0 bridgehead atoms. The number of aromatic nitrogens is 1. The molecule has 0 radical (unpaired) electrons. The summed E-state index contributed by atoms with van der Waals surface area (Å²) in [5.74, 6) is -0.102. The molecule has 152 valence electrons. The van der Waals surface area contributed by atoms with Crippen LogP contribution in [0.1, 0.15) is 28.8 Å². The summed E-state index contributed by atoms with van der Waals surface area (Å²) in [4.78, 5) is 14.4. The van der Waals surface area contributed by atoms with Crippen molar-refractivity contribution < 1.29 is 13.6 Å². The van der Waals surface area contributed by atoms with Gasteiger partial charge in [0.2, 0.25) is 0 Å². The van der Waals surface area contributed by atoms with Crippen molar-refractivity contribution in [2.24, 2.45) is 0 Å². The van der Waals surface area contributed by atoms with Crippen LogP contribution in [0, 0.1) is 0 Å². The highest BCUT2D eigenvalue weighted by Gasteiger charge is 2.23. The van der Waals surface area contributed by atoms with E-state index in [-0.39, 0.29) is 18.5 Å². The van der Waals surface area contributed by atoms with Gasteiger partial charge in [0.15, 0.2) is 0 Å². The minimum atomic E-state index is -2.30.